The lowest BCUT2D eigenvalue weighted by atomic mass is 10.4. The molecular formula is C5H3ClN4. The molecule has 0 aliphatic carbocycles. The van der Waals surface area contributed by atoms with Crippen LogP contribution in [-0.4, -0.2) is 20.2 Å². The van der Waals surface area contributed by atoms with Crippen LogP contribution in [0.2, 0.25) is 5.15 Å². The lowest BCUT2D eigenvalue weighted by Crippen LogP contribution is -1.79. The highest BCUT2D eigenvalue weighted by Crippen LogP contribution is 2.14. The van der Waals surface area contributed by atoms with Gasteiger partial charge in [0.25, 0.3) is 0 Å². The first-order valence-corrected chi connectivity index (χ1v) is 2.91. The zero-order valence-electron chi connectivity index (χ0n) is 6.72. The number of halogens is 1. The maximum Gasteiger partial charge on any atom is 0.160 e. The van der Waals surface area contributed by atoms with Crippen molar-refractivity contribution in [3.05, 3.63) is 17.6 Å². The molecule has 0 aliphatic heterocycles. The number of rotatable bonds is 0. The van der Waals surface area contributed by atoms with E-state index in [0.717, 1.165) is 0 Å². The Morgan fingerprint density at radius 3 is 3.40 bits per heavy atom. The Bertz CT molecular complexity index is 440. The summed E-state index contributed by atoms with van der Waals surface area (Å²) >= 11 is 5.66. The molecule has 10 heavy (non-hydrogen) atoms. The summed E-state index contributed by atoms with van der Waals surface area (Å²) in [4.78, 5) is 7.27. The van der Waals surface area contributed by atoms with Crippen LogP contribution < -0.4 is 0 Å². The predicted molar refractivity (Wildman–Crippen MR) is 36.7 cm³/mol. The number of nitrogens with one attached hydrogen (secondary N) is 1. The fraction of sp³-hybridized carbons (Fsp3) is 0. The van der Waals surface area contributed by atoms with Gasteiger partial charge < -0.3 is 0 Å². The van der Waals surface area contributed by atoms with Gasteiger partial charge in [-0.05, 0) is 0 Å². The molecule has 0 aromatic carbocycles. The minimum Gasteiger partial charge on any atom is -0.261 e. The molecule has 0 fully saturated rings. The Labute approximate surface area is 64.1 Å². The van der Waals surface area contributed by atoms with E-state index in [1.54, 1.807) is 0 Å². The summed E-state index contributed by atoms with van der Waals surface area (Å²) in [6.07, 6.45) is -0.189. The van der Waals surface area contributed by atoms with E-state index in [1.807, 2.05) is 0 Å². The third-order valence-corrected chi connectivity index (χ3v) is 1.36. The zero-order valence-corrected chi connectivity index (χ0v) is 5.48. The van der Waals surface area contributed by atoms with Gasteiger partial charge in [0, 0.05) is 0 Å². The van der Waals surface area contributed by atoms with Crippen molar-refractivity contribution < 1.29 is 2.74 Å². The third kappa shape index (κ3) is 0.657. The number of aromatic amines is 1. The van der Waals surface area contributed by atoms with Crippen LogP contribution in [0.3, 0.4) is 0 Å². The van der Waals surface area contributed by atoms with Crippen LogP contribution in [0.4, 0.5) is 0 Å². The van der Waals surface area contributed by atoms with E-state index in [2.05, 4.69) is 20.2 Å². The molecule has 0 spiro atoms. The van der Waals surface area contributed by atoms with Gasteiger partial charge in [-0.1, -0.05) is 11.6 Å². The van der Waals surface area contributed by atoms with Crippen LogP contribution in [0, 0.1) is 0 Å². The smallest absolute Gasteiger partial charge is 0.160 e. The Hall–Kier alpha value is -1.16. The SMILES string of the molecule is [2H]c1nc(Cl)c2c([2H])n[nH]c2n1. The van der Waals surface area contributed by atoms with Crippen molar-refractivity contribution in [2.24, 2.45) is 0 Å². The van der Waals surface area contributed by atoms with Gasteiger partial charge in [-0.25, -0.2) is 9.97 Å². The van der Waals surface area contributed by atoms with Gasteiger partial charge in [0.1, 0.15) is 12.8 Å². The number of hydrogen-bond donors (Lipinski definition) is 1. The molecule has 0 unspecified atom stereocenters. The Balaban J connectivity index is 2.93. The van der Waals surface area contributed by atoms with Gasteiger partial charge in [0.2, 0.25) is 0 Å². The fourth-order valence-electron chi connectivity index (χ4n) is 0.645. The van der Waals surface area contributed by atoms with Gasteiger partial charge in [-0.15, -0.1) is 0 Å². The van der Waals surface area contributed by atoms with Crippen molar-refractivity contribution in [1.82, 2.24) is 20.2 Å². The monoisotopic (exact) mass is 156 g/mol. The summed E-state index contributed by atoms with van der Waals surface area (Å²) in [6.45, 7) is 0. The van der Waals surface area contributed by atoms with E-state index in [0.29, 0.717) is 11.0 Å². The first-order valence-electron chi connectivity index (χ1n) is 3.53. The van der Waals surface area contributed by atoms with Crippen molar-refractivity contribution >= 4 is 22.6 Å². The molecule has 2 rings (SSSR count). The van der Waals surface area contributed by atoms with Crippen LogP contribution >= 0.6 is 11.6 Å². The summed E-state index contributed by atoms with van der Waals surface area (Å²) in [6, 6.07) is 0. The van der Waals surface area contributed by atoms with Crippen LogP contribution in [0.1, 0.15) is 2.74 Å². The average molecular weight is 157 g/mol. The maximum atomic E-state index is 7.29. The molecule has 0 radical (unpaired) electrons. The quantitative estimate of drug-likeness (QED) is 0.579. The van der Waals surface area contributed by atoms with Gasteiger partial charge in [0.15, 0.2) is 5.65 Å². The topological polar surface area (TPSA) is 54.5 Å². The largest absolute Gasteiger partial charge is 0.261 e. The molecule has 0 bridgehead atoms. The van der Waals surface area contributed by atoms with Crippen molar-refractivity contribution in [2.75, 3.05) is 0 Å². The van der Waals surface area contributed by atoms with Crippen molar-refractivity contribution in [3.63, 3.8) is 0 Å². The molecule has 2 aromatic heterocycles. The van der Waals surface area contributed by atoms with E-state index in [1.165, 1.54) is 0 Å². The molecule has 1 N–H and O–H groups in total. The number of hydrogen-bond acceptors (Lipinski definition) is 3. The van der Waals surface area contributed by atoms with E-state index in [-0.39, 0.29) is 17.6 Å². The second-order valence-corrected chi connectivity index (χ2v) is 2.03. The minimum atomic E-state index is -0.184. The van der Waals surface area contributed by atoms with Crippen LogP contribution in [0.15, 0.2) is 12.5 Å². The van der Waals surface area contributed by atoms with Gasteiger partial charge in [-0.3, -0.25) is 5.10 Å². The van der Waals surface area contributed by atoms with Gasteiger partial charge in [0.05, 0.1) is 12.9 Å². The summed E-state index contributed by atoms with van der Waals surface area (Å²) in [7, 11) is 0. The van der Waals surface area contributed by atoms with E-state index in [4.69, 9.17) is 14.3 Å². The Morgan fingerprint density at radius 1 is 1.60 bits per heavy atom. The first kappa shape index (κ1) is 3.88. The molecule has 0 saturated carbocycles. The highest BCUT2D eigenvalue weighted by Gasteiger charge is 1.99. The predicted octanol–water partition coefficient (Wildman–Crippen LogP) is 1.01. The molecule has 2 heterocycles. The third-order valence-electron chi connectivity index (χ3n) is 1.08. The molecule has 50 valence electrons. The standard InChI is InChI=1S/C5H3ClN4/c6-4-3-1-9-10-5(3)8-2-7-4/h1-2H,(H,7,8,9,10)/i1D,2D. The average Bonchev–Trinajstić information content (AvgIpc) is 2.31. The summed E-state index contributed by atoms with van der Waals surface area (Å²) in [5, 5.41) is 6.49. The lowest BCUT2D eigenvalue weighted by molar-refractivity contribution is 1.09. The van der Waals surface area contributed by atoms with Crippen molar-refractivity contribution in [1.29, 1.82) is 0 Å². The number of nitrogens with zero attached hydrogens (tertiary/aromatic N) is 3. The molecule has 5 heteroatoms. The molecule has 4 nitrogen and oxygen atoms in total. The normalized spacial score (nSPS) is 13.3. The summed E-state index contributed by atoms with van der Waals surface area (Å²) < 4.78 is 14.4. The molecule has 0 amide bonds. The maximum absolute atomic E-state index is 7.29. The van der Waals surface area contributed by atoms with E-state index >= 15 is 0 Å². The van der Waals surface area contributed by atoms with Crippen LogP contribution in [-0.2, 0) is 0 Å². The van der Waals surface area contributed by atoms with E-state index in [9.17, 15) is 0 Å². The summed E-state index contributed by atoms with van der Waals surface area (Å²) in [5.41, 5.74) is 0.324. The van der Waals surface area contributed by atoms with Crippen LogP contribution in [0.25, 0.3) is 11.0 Å². The second kappa shape index (κ2) is 1.91. The highest BCUT2D eigenvalue weighted by molar-refractivity contribution is 6.33. The molecule has 0 aliphatic rings. The number of H-pyrrole nitrogens is 1. The van der Waals surface area contributed by atoms with Crippen molar-refractivity contribution in [3.8, 4) is 0 Å². The number of aromatic nitrogens is 4. The molecule has 0 atom stereocenters. The second-order valence-electron chi connectivity index (χ2n) is 1.67. The van der Waals surface area contributed by atoms with E-state index < -0.39 is 0 Å². The first-order chi connectivity index (χ1) is 5.68. The van der Waals surface area contributed by atoms with Crippen LogP contribution in [0.5, 0.6) is 0 Å². The molecule has 2 aromatic rings. The summed E-state index contributed by atoms with van der Waals surface area (Å²) in [5.74, 6) is 0. The Morgan fingerprint density at radius 2 is 2.50 bits per heavy atom. The zero-order chi connectivity index (χ0) is 8.72. The highest BCUT2D eigenvalue weighted by atomic mass is 35.5. The fourth-order valence-corrected chi connectivity index (χ4v) is 0.815. The number of fused-ring (bicyclic) bond motifs is 1. The Kier molecular flexibility index (Phi) is 0.742. The van der Waals surface area contributed by atoms with Crippen molar-refractivity contribution in [2.45, 2.75) is 0 Å². The molecular weight excluding hydrogens is 152 g/mol. The molecule has 0 saturated heterocycles. The van der Waals surface area contributed by atoms with Gasteiger partial charge in [-0.2, -0.15) is 5.10 Å². The minimum absolute atomic E-state index is 0.00463. The van der Waals surface area contributed by atoms with Gasteiger partial charge >= 0.3 is 0 Å². The lowest BCUT2D eigenvalue weighted by Gasteiger charge is -1.86.